The molecule has 4 rings (SSSR count). The minimum absolute atomic E-state index is 0.0686. The van der Waals surface area contributed by atoms with Gasteiger partial charge in [-0.15, -0.1) is 11.3 Å². The van der Waals surface area contributed by atoms with Gasteiger partial charge in [0.2, 0.25) is 0 Å². The maximum absolute atomic E-state index is 12.8. The fourth-order valence-corrected chi connectivity index (χ4v) is 7.63. The first kappa shape index (κ1) is 24.6. The zero-order valence-corrected chi connectivity index (χ0v) is 21.4. The molecule has 0 radical (unpaired) electrons. The van der Waals surface area contributed by atoms with Gasteiger partial charge in [0, 0.05) is 47.9 Å². The predicted octanol–water partition coefficient (Wildman–Crippen LogP) is 3.89. The van der Waals surface area contributed by atoms with E-state index < -0.39 is 16.0 Å². The molecule has 1 aromatic heterocycles. The molecule has 2 aliphatic heterocycles. The molecule has 0 unspecified atom stereocenters. The number of piperidine rings is 1. The Labute approximate surface area is 205 Å². The average molecular weight is 503 g/mol. The van der Waals surface area contributed by atoms with Crippen LogP contribution in [0.4, 0.5) is 5.69 Å². The molecule has 182 valence electrons. The van der Waals surface area contributed by atoms with Gasteiger partial charge in [-0.05, 0) is 36.6 Å². The summed E-state index contributed by atoms with van der Waals surface area (Å²) in [6, 6.07) is 11.2. The maximum atomic E-state index is 12.8. The van der Waals surface area contributed by atoms with Gasteiger partial charge in [0.1, 0.15) is 4.21 Å². The Balaban J connectivity index is 1.35. The van der Waals surface area contributed by atoms with Crippen LogP contribution in [0, 0.1) is 0 Å². The first-order chi connectivity index (χ1) is 16.1. The Morgan fingerprint density at radius 3 is 2.50 bits per heavy atom. The van der Waals surface area contributed by atoms with Crippen LogP contribution >= 0.6 is 11.3 Å². The smallest absolute Gasteiger partial charge is 0.311 e. The number of sulfonamides is 1. The van der Waals surface area contributed by atoms with E-state index in [1.54, 1.807) is 18.2 Å². The molecular formula is C25H30N2O5S2. The van der Waals surface area contributed by atoms with Crippen LogP contribution in [0.15, 0.2) is 52.4 Å². The largest absolute Gasteiger partial charge is 0.457 e. The van der Waals surface area contributed by atoms with Crippen LogP contribution in [0.25, 0.3) is 0 Å². The number of thiophene rings is 1. The Hall–Kier alpha value is -2.49. The van der Waals surface area contributed by atoms with E-state index >= 15 is 0 Å². The lowest BCUT2D eigenvalue weighted by Crippen LogP contribution is -2.35. The van der Waals surface area contributed by atoms with Crippen molar-refractivity contribution in [1.29, 1.82) is 0 Å². The summed E-state index contributed by atoms with van der Waals surface area (Å²) in [5, 5.41) is 0. The molecule has 9 heteroatoms. The quantitative estimate of drug-likeness (QED) is 0.422. The van der Waals surface area contributed by atoms with Gasteiger partial charge < -0.3 is 9.64 Å². The Morgan fingerprint density at radius 1 is 1.09 bits per heavy atom. The number of carbonyl (C=O) groups excluding carboxylic acids is 2. The molecular weight excluding hydrogens is 472 g/mol. The number of ketones is 1. The van der Waals surface area contributed by atoms with Gasteiger partial charge in [-0.1, -0.05) is 38.5 Å². The number of allylic oxidation sites excluding steroid dienone is 1. The van der Waals surface area contributed by atoms with Gasteiger partial charge in [0.25, 0.3) is 10.0 Å². The molecule has 7 nitrogen and oxygen atoms in total. The highest BCUT2D eigenvalue weighted by Crippen LogP contribution is 2.46. The van der Waals surface area contributed by atoms with Gasteiger partial charge >= 0.3 is 5.97 Å². The fourth-order valence-electron chi connectivity index (χ4n) is 4.62. The van der Waals surface area contributed by atoms with Crippen LogP contribution in [0.2, 0.25) is 0 Å². The summed E-state index contributed by atoms with van der Waals surface area (Å²) in [7, 11) is -1.60. The van der Waals surface area contributed by atoms with Crippen molar-refractivity contribution in [2.24, 2.45) is 0 Å². The summed E-state index contributed by atoms with van der Waals surface area (Å²) in [6.07, 6.45) is 4.26. The first-order valence-corrected chi connectivity index (χ1v) is 13.7. The number of nitrogens with zero attached hydrogens (tertiary/aromatic N) is 2. The average Bonchev–Trinajstić information content (AvgIpc) is 3.36. The number of para-hydroxylation sites is 1. The number of anilines is 1. The van der Waals surface area contributed by atoms with Crippen molar-refractivity contribution in [1.82, 2.24) is 4.31 Å². The lowest BCUT2D eigenvalue weighted by Gasteiger charge is -2.25. The van der Waals surface area contributed by atoms with Crippen LogP contribution in [0.3, 0.4) is 0 Å². The molecule has 2 aliphatic rings. The zero-order chi connectivity index (χ0) is 24.5. The summed E-state index contributed by atoms with van der Waals surface area (Å²) in [6.45, 7) is 4.84. The topological polar surface area (TPSA) is 84.0 Å². The molecule has 1 saturated heterocycles. The van der Waals surface area contributed by atoms with E-state index in [0.29, 0.717) is 18.0 Å². The van der Waals surface area contributed by atoms with Gasteiger partial charge in [-0.2, -0.15) is 4.31 Å². The monoisotopic (exact) mass is 502 g/mol. The van der Waals surface area contributed by atoms with Crippen molar-refractivity contribution in [3.8, 4) is 0 Å². The van der Waals surface area contributed by atoms with Gasteiger partial charge in [0.15, 0.2) is 12.4 Å². The third-order valence-corrected chi connectivity index (χ3v) is 9.93. The second kappa shape index (κ2) is 9.64. The molecule has 0 spiro atoms. The number of likely N-dealkylation sites (N-methyl/N-ethyl adjacent to an activating group) is 1. The van der Waals surface area contributed by atoms with Crippen LogP contribution in [0.1, 0.15) is 43.6 Å². The van der Waals surface area contributed by atoms with E-state index in [0.717, 1.165) is 47.5 Å². The first-order valence-electron chi connectivity index (χ1n) is 11.4. The van der Waals surface area contributed by atoms with Crippen molar-refractivity contribution in [2.45, 2.75) is 49.2 Å². The van der Waals surface area contributed by atoms with Crippen LogP contribution in [0.5, 0.6) is 0 Å². The van der Waals surface area contributed by atoms with E-state index in [1.807, 2.05) is 30.1 Å². The third kappa shape index (κ3) is 4.82. The van der Waals surface area contributed by atoms with Crippen molar-refractivity contribution in [3.05, 3.63) is 58.6 Å². The SMILES string of the molecule is CN1C(=CC(=O)COC(=O)Cc2ccc(S(=O)(=O)N3CCCCC3)s2)C(C)(C)c2ccccc21. The number of fused-ring (bicyclic) bond motifs is 1. The molecule has 3 heterocycles. The molecule has 1 fully saturated rings. The zero-order valence-electron chi connectivity index (χ0n) is 19.7. The second-order valence-corrected chi connectivity index (χ2v) is 12.6. The molecule has 0 atom stereocenters. The van der Waals surface area contributed by atoms with Crippen LogP contribution in [-0.2, 0) is 36.2 Å². The number of hydrogen-bond donors (Lipinski definition) is 0. The molecule has 0 amide bonds. The Bertz CT molecular complexity index is 1220. The number of carbonyl (C=O) groups is 2. The molecule has 0 bridgehead atoms. The highest BCUT2D eigenvalue weighted by atomic mass is 32.2. The highest BCUT2D eigenvalue weighted by Gasteiger charge is 2.38. The van der Waals surface area contributed by atoms with Crippen LogP contribution < -0.4 is 4.90 Å². The summed E-state index contributed by atoms with van der Waals surface area (Å²) in [5.74, 6) is -0.853. The number of hydrogen-bond acceptors (Lipinski definition) is 7. The van der Waals surface area contributed by atoms with E-state index in [-0.39, 0.29) is 28.4 Å². The highest BCUT2D eigenvalue weighted by molar-refractivity contribution is 7.91. The molecule has 34 heavy (non-hydrogen) atoms. The van der Waals surface area contributed by atoms with Gasteiger partial charge in [-0.25, -0.2) is 8.42 Å². The summed E-state index contributed by atoms with van der Waals surface area (Å²) in [5.41, 5.74) is 2.71. The lowest BCUT2D eigenvalue weighted by atomic mass is 9.83. The second-order valence-electron chi connectivity index (χ2n) is 9.22. The summed E-state index contributed by atoms with van der Waals surface area (Å²) >= 11 is 1.08. The number of esters is 1. The van der Waals surface area contributed by atoms with Gasteiger partial charge in [-0.3, -0.25) is 9.59 Å². The normalized spacial score (nSPS) is 19.3. The van der Waals surface area contributed by atoms with Crippen molar-refractivity contribution in [3.63, 3.8) is 0 Å². The minimum atomic E-state index is -3.52. The van der Waals surface area contributed by atoms with E-state index in [2.05, 4.69) is 19.9 Å². The van der Waals surface area contributed by atoms with E-state index in [9.17, 15) is 18.0 Å². The molecule has 0 aliphatic carbocycles. The molecule has 0 N–H and O–H groups in total. The molecule has 1 aromatic carbocycles. The third-order valence-electron chi connectivity index (χ3n) is 6.48. The Morgan fingerprint density at radius 2 is 1.79 bits per heavy atom. The van der Waals surface area contributed by atoms with Crippen LogP contribution in [-0.4, -0.2) is 51.2 Å². The molecule has 2 aromatic rings. The Kier molecular flexibility index (Phi) is 6.98. The number of ether oxygens (including phenoxy) is 1. The van der Waals surface area contributed by atoms with E-state index in [4.69, 9.17) is 4.74 Å². The summed E-state index contributed by atoms with van der Waals surface area (Å²) < 4.78 is 32.5. The molecule has 0 saturated carbocycles. The maximum Gasteiger partial charge on any atom is 0.311 e. The van der Waals surface area contributed by atoms with Crippen molar-refractivity contribution < 1.29 is 22.7 Å². The van der Waals surface area contributed by atoms with Crippen molar-refractivity contribution in [2.75, 3.05) is 31.6 Å². The summed E-state index contributed by atoms with van der Waals surface area (Å²) in [4.78, 5) is 27.5. The standard InChI is InChI=1S/C25H30N2O5S2/c1-25(2)20-9-5-6-10-21(20)26(3)22(25)15-18(28)17-32-23(29)16-19-11-12-24(33-19)34(30,31)27-13-7-4-8-14-27/h5-6,9-12,15H,4,7-8,13-14,16-17H2,1-3H3. The number of benzene rings is 1. The minimum Gasteiger partial charge on any atom is -0.457 e. The lowest BCUT2D eigenvalue weighted by molar-refractivity contribution is -0.146. The van der Waals surface area contributed by atoms with E-state index in [1.165, 1.54) is 4.31 Å². The van der Waals surface area contributed by atoms with Crippen molar-refractivity contribution >= 4 is 38.8 Å². The van der Waals surface area contributed by atoms with Gasteiger partial charge in [0.05, 0.1) is 6.42 Å². The fraction of sp³-hybridized carbons (Fsp3) is 0.440. The number of rotatable bonds is 7. The predicted molar refractivity (Wildman–Crippen MR) is 133 cm³/mol.